The number of amides is 2. The van der Waals surface area contributed by atoms with E-state index in [9.17, 15) is 9.59 Å². The normalized spacial score (nSPS) is 14.7. The van der Waals surface area contributed by atoms with Gasteiger partial charge in [-0.3, -0.25) is 9.59 Å². The Morgan fingerprint density at radius 1 is 1.00 bits per heavy atom. The molecule has 1 aliphatic heterocycles. The smallest absolute Gasteiger partial charge is 0.298 e. The average Bonchev–Trinajstić information content (AvgIpc) is 3.07. The SMILES string of the molecule is CCOc1cc(/C=C2/SC(=O)N(c3cccc(Cl)c3)C2=O)cc(Br)c1OCc1ccc(Cl)cc1. The maximum Gasteiger partial charge on any atom is 0.298 e. The quantitative estimate of drug-likeness (QED) is 0.266. The fourth-order valence-corrected chi connectivity index (χ4v) is 4.99. The number of ether oxygens (including phenoxy) is 2. The summed E-state index contributed by atoms with van der Waals surface area (Å²) >= 11 is 16.4. The van der Waals surface area contributed by atoms with Gasteiger partial charge in [-0.25, -0.2) is 4.90 Å². The third-order valence-corrected chi connectivity index (χ3v) is 6.73. The highest BCUT2D eigenvalue weighted by Gasteiger charge is 2.36. The van der Waals surface area contributed by atoms with E-state index in [0.717, 1.165) is 22.2 Å². The molecular weight excluding hydrogens is 561 g/mol. The zero-order valence-electron chi connectivity index (χ0n) is 17.9. The van der Waals surface area contributed by atoms with Gasteiger partial charge in [0.2, 0.25) is 0 Å². The predicted molar refractivity (Wildman–Crippen MR) is 141 cm³/mol. The second-order valence-corrected chi connectivity index (χ2v) is 9.90. The van der Waals surface area contributed by atoms with Crippen LogP contribution in [-0.4, -0.2) is 17.8 Å². The van der Waals surface area contributed by atoms with E-state index in [-0.39, 0.29) is 5.24 Å². The zero-order valence-corrected chi connectivity index (χ0v) is 21.8. The van der Waals surface area contributed by atoms with Gasteiger partial charge in [-0.2, -0.15) is 0 Å². The molecule has 3 aromatic rings. The van der Waals surface area contributed by atoms with E-state index in [1.54, 1.807) is 48.5 Å². The number of imide groups is 1. The van der Waals surface area contributed by atoms with Crippen molar-refractivity contribution in [3.05, 3.63) is 91.2 Å². The molecular formula is C25H18BrCl2NO4S. The van der Waals surface area contributed by atoms with Gasteiger partial charge in [-0.05, 0) is 94.3 Å². The minimum absolute atomic E-state index is 0.300. The highest BCUT2D eigenvalue weighted by atomic mass is 79.9. The number of anilines is 1. The molecule has 5 nitrogen and oxygen atoms in total. The number of hydrogen-bond acceptors (Lipinski definition) is 5. The lowest BCUT2D eigenvalue weighted by molar-refractivity contribution is -0.113. The molecule has 0 aliphatic carbocycles. The number of nitrogens with zero attached hydrogens (tertiary/aromatic N) is 1. The standard InChI is InChI=1S/C25H18BrCl2NO4S/c1-2-32-21-11-16(10-20(26)23(21)33-14-15-6-8-17(27)9-7-15)12-22-24(30)29(25(31)34-22)19-5-3-4-18(28)13-19/h3-13H,2,14H2,1H3/b22-12+. The molecule has 0 N–H and O–H groups in total. The lowest BCUT2D eigenvalue weighted by Gasteiger charge is -2.15. The van der Waals surface area contributed by atoms with E-state index in [4.69, 9.17) is 32.7 Å². The van der Waals surface area contributed by atoms with Crippen LogP contribution in [0.4, 0.5) is 10.5 Å². The van der Waals surface area contributed by atoms with Crippen molar-refractivity contribution in [2.24, 2.45) is 0 Å². The van der Waals surface area contributed by atoms with Gasteiger partial charge in [0.05, 0.1) is 21.7 Å². The summed E-state index contributed by atoms with van der Waals surface area (Å²) in [6.45, 7) is 2.63. The Labute approximate surface area is 219 Å². The zero-order chi connectivity index (χ0) is 24.2. The number of rotatable bonds is 7. The summed E-state index contributed by atoms with van der Waals surface area (Å²) in [5.41, 5.74) is 2.07. The summed E-state index contributed by atoms with van der Waals surface area (Å²) in [4.78, 5) is 26.9. The first-order valence-electron chi connectivity index (χ1n) is 10.2. The van der Waals surface area contributed by atoms with Crippen molar-refractivity contribution in [3.8, 4) is 11.5 Å². The van der Waals surface area contributed by atoms with Crippen LogP contribution in [0, 0.1) is 0 Å². The summed E-state index contributed by atoms with van der Waals surface area (Å²) in [7, 11) is 0. The molecule has 4 rings (SSSR count). The number of benzene rings is 3. The van der Waals surface area contributed by atoms with Gasteiger partial charge >= 0.3 is 0 Å². The van der Waals surface area contributed by atoms with Crippen LogP contribution < -0.4 is 14.4 Å². The van der Waals surface area contributed by atoms with Crippen molar-refractivity contribution in [1.82, 2.24) is 0 Å². The average molecular weight is 579 g/mol. The molecule has 0 saturated carbocycles. The highest BCUT2D eigenvalue weighted by molar-refractivity contribution is 9.10. The van der Waals surface area contributed by atoms with Crippen LogP contribution in [-0.2, 0) is 11.4 Å². The van der Waals surface area contributed by atoms with Gasteiger partial charge in [0, 0.05) is 10.0 Å². The molecule has 34 heavy (non-hydrogen) atoms. The van der Waals surface area contributed by atoms with Gasteiger partial charge in [0.1, 0.15) is 6.61 Å². The van der Waals surface area contributed by atoms with Gasteiger partial charge in [-0.15, -0.1) is 0 Å². The van der Waals surface area contributed by atoms with Crippen molar-refractivity contribution in [3.63, 3.8) is 0 Å². The minimum atomic E-state index is -0.408. The second-order valence-electron chi connectivity index (χ2n) is 7.18. The second kappa shape index (κ2) is 10.9. The fraction of sp³-hybridized carbons (Fsp3) is 0.120. The fourth-order valence-electron chi connectivity index (χ4n) is 3.27. The third kappa shape index (κ3) is 5.61. The summed E-state index contributed by atoms with van der Waals surface area (Å²) in [6.07, 6.45) is 1.66. The maximum atomic E-state index is 13.0. The largest absolute Gasteiger partial charge is 0.490 e. The van der Waals surface area contributed by atoms with Crippen molar-refractivity contribution in [2.75, 3.05) is 11.5 Å². The molecule has 174 valence electrons. The van der Waals surface area contributed by atoms with Crippen LogP contribution in [0.2, 0.25) is 10.0 Å². The number of carbonyl (C=O) groups is 2. The Balaban J connectivity index is 1.60. The van der Waals surface area contributed by atoms with Crippen LogP contribution >= 0.6 is 50.9 Å². The summed E-state index contributed by atoms with van der Waals surface area (Å²) in [5.74, 6) is 0.654. The Morgan fingerprint density at radius 2 is 1.76 bits per heavy atom. The van der Waals surface area contributed by atoms with Crippen molar-refractivity contribution < 1.29 is 19.1 Å². The third-order valence-electron chi connectivity index (χ3n) is 4.79. The number of thioether (sulfide) groups is 1. The first kappa shape index (κ1) is 24.7. The topological polar surface area (TPSA) is 55.8 Å². The Bertz CT molecular complexity index is 1280. The molecule has 3 aromatic carbocycles. The number of carbonyl (C=O) groups excluding carboxylic acids is 2. The minimum Gasteiger partial charge on any atom is -0.490 e. The van der Waals surface area contributed by atoms with Crippen molar-refractivity contribution in [1.29, 1.82) is 0 Å². The van der Waals surface area contributed by atoms with Gasteiger partial charge in [0.25, 0.3) is 11.1 Å². The van der Waals surface area contributed by atoms with E-state index in [0.29, 0.717) is 55.4 Å². The lowest BCUT2D eigenvalue weighted by Crippen LogP contribution is -2.27. The van der Waals surface area contributed by atoms with Gasteiger partial charge < -0.3 is 9.47 Å². The maximum absolute atomic E-state index is 13.0. The number of hydrogen-bond donors (Lipinski definition) is 0. The Hall–Kier alpha value is -2.45. The predicted octanol–water partition coefficient (Wildman–Crippen LogP) is 7.97. The van der Waals surface area contributed by atoms with Crippen LogP contribution in [0.5, 0.6) is 11.5 Å². The molecule has 2 amide bonds. The molecule has 0 spiro atoms. The van der Waals surface area contributed by atoms with E-state index in [1.807, 2.05) is 25.1 Å². The van der Waals surface area contributed by atoms with Crippen LogP contribution in [0.3, 0.4) is 0 Å². The van der Waals surface area contributed by atoms with Crippen molar-refractivity contribution >= 4 is 73.8 Å². The summed E-state index contributed by atoms with van der Waals surface area (Å²) in [5, 5.41) is 0.717. The molecule has 1 heterocycles. The van der Waals surface area contributed by atoms with Crippen LogP contribution in [0.25, 0.3) is 6.08 Å². The molecule has 0 aromatic heterocycles. The molecule has 0 atom stereocenters. The van der Waals surface area contributed by atoms with E-state index < -0.39 is 5.91 Å². The lowest BCUT2D eigenvalue weighted by atomic mass is 10.1. The summed E-state index contributed by atoms with van der Waals surface area (Å²) in [6, 6.07) is 17.6. The molecule has 9 heteroatoms. The van der Waals surface area contributed by atoms with Crippen molar-refractivity contribution in [2.45, 2.75) is 13.5 Å². The van der Waals surface area contributed by atoms with Gasteiger partial charge in [0.15, 0.2) is 11.5 Å². The van der Waals surface area contributed by atoms with Crippen LogP contribution in [0.15, 0.2) is 70.0 Å². The first-order valence-corrected chi connectivity index (χ1v) is 12.6. The molecule has 1 fully saturated rings. The first-order chi connectivity index (χ1) is 16.4. The Kier molecular flexibility index (Phi) is 7.88. The molecule has 0 radical (unpaired) electrons. The molecule has 1 saturated heterocycles. The molecule has 0 unspecified atom stereocenters. The summed E-state index contributed by atoms with van der Waals surface area (Å²) < 4.78 is 12.5. The van der Waals surface area contributed by atoms with Crippen LogP contribution in [0.1, 0.15) is 18.1 Å². The van der Waals surface area contributed by atoms with E-state index >= 15 is 0 Å². The van der Waals surface area contributed by atoms with E-state index in [1.165, 1.54) is 0 Å². The van der Waals surface area contributed by atoms with E-state index in [2.05, 4.69) is 15.9 Å². The molecule has 1 aliphatic rings. The highest BCUT2D eigenvalue weighted by Crippen LogP contribution is 2.40. The monoisotopic (exact) mass is 577 g/mol. The number of halogens is 3. The Morgan fingerprint density at radius 3 is 2.47 bits per heavy atom. The molecule has 0 bridgehead atoms. The van der Waals surface area contributed by atoms with Gasteiger partial charge in [-0.1, -0.05) is 41.4 Å².